The van der Waals surface area contributed by atoms with Crippen molar-refractivity contribution in [2.24, 2.45) is 0 Å². The molecule has 1 nitrogen and oxygen atoms in total. The van der Waals surface area contributed by atoms with Crippen LogP contribution in [0.2, 0.25) is 0 Å². The molecule has 0 saturated carbocycles. The minimum Gasteiger partial charge on any atom is -0.456 e. The first-order valence-corrected chi connectivity index (χ1v) is 13.4. The van der Waals surface area contributed by atoms with Gasteiger partial charge in [-0.25, -0.2) is 0 Å². The molecule has 1 heterocycles. The van der Waals surface area contributed by atoms with Crippen molar-refractivity contribution >= 4 is 43.5 Å². The maximum atomic E-state index is 6.04. The van der Waals surface area contributed by atoms with Crippen molar-refractivity contribution < 1.29 is 4.42 Å². The quantitative estimate of drug-likeness (QED) is 0.222. The molecule has 0 aliphatic heterocycles. The van der Waals surface area contributed by atoms with E-state index in [1.807, 2.05) is 12.1 Å². The van der Waals surface area contributed by atoms with E-state index in [4.69, 9.17) is 4.42 Å². The number of fused-ring (bicyclic) bond motifs is 5. The van der Waals surface area contributed by atoms with E-state index in [1.165, 1.54) is 54.9 Å². The Labute approximate surface area is 226 Å². The summed E-state index contributed by atoms with van der Waals surface area (Å²) >= 11 is 0. The smallest absolute Gasteiger partial charge is 0.135 e. The summed E-state index contributed by atoms with van der Waals surface area (Å²) in [5.74, 6) is 0. The van der Waals surface area contributed by atoms with Crippen molar-refractivity contribution in [2.75, 3.05) is 0 Å². The van der Waals surface area contributed by atoms with Gasteiger partial charge in [0.15, 0.2) is 0 Å². The van der Waals surface area contributed by atoms with Crippen LogP contribution < -0.4 is 0 Å². The number of rotatable bonds is 3. The van der Waals surface area contributed by atoms with E-state index in [0.29, 0.717) is 0 Å². The van der Waals surface area contributed by atoms with Gasteiger partial charge in [-0.15, -0.1) is 0 Å². The summed E-state index contributed by atoms with van der Waals surface area (Å²) in [6, 6.07) is 52.1. The zero-order valence-corrected chi connectivity index (χ0v) is 21.3. The van der Waals surface area contributed by atoms with Crippen molar-refractivity contribution in [2.45, 2.75) is 0 Å². The van der Waals surface area contributed by atoms with Gasteiger partial charge in [-0.2, -0.15) is 0 Å². The Morgan fingerprint density at radius 3 is 1.33 bits per heavy atom. The number of hydrogen-bond acceptors (Lipinski definition) is 1. The van der Waals surface area contributed by atoms with E-state index < -0.39 is 0 Å². The van der Waals surface area contributed by atoms with Gasteiger partial charge in [-0.05, 0) is 73.1 Å². The second-order valence-corrected chi connectivity index (χ2v) is 10.1. The average molecular weight is 497 g/mol. The Morgan fingerprint density at radius 2 is 0.718 bits per heavy atom. The Kier molecular flexibility index (Phi) is 4.89. The first-order valence-electron chi connectivity index (χ1n) is 13.4. The monoisotopic (exact) mass is 496 g/mol. The van der Waals surface area contributed by atoms with Gasteiger partial charge in [0.2, 0.25) is 0 Å². The first kappa shape index (κ1) is 21.9. The predicted molar refractivity (Wildman–Crippen MR) is 165 cm³/mol. The average Bonchev–Trinajstić information content (AvgIpc) is 3.38. The molecular weight excluding hydrogens is 472 g/mol. The fraction of sp³-hybridized carbons (Fsp3) is 0. The summed E-state index contributed by atoms with van der Waals surface area (Å²) in [4.78, 5) is 0. The van der Waals surface area contributed by atoms with Crippen molar-refractivity contribution in [3.05, 3.63) is 146 Å². The molecule has 8 rings (SSSR count). The zero-order chi connectivity index (χ0) is 25.8. The molecule has 0 aliphatic rings. The number of hydrogen-bond donors (Lipinski definition) is 0. The van der Waals surface area contributed by atoms with Gasteiger partial charge in [0.1, 0.15) is 11.2 Å². The molecule has 39 heavy (non-hydrogen) atoms. The summed E-state index contributed by atoms with van der Waals surface area (Å²) in [5, 5.41) is 7.41. The van der Waals surface area contributed by atoms with Crippen LogP contribution in [0.1, 0.15) is 0 Å². The lowest BCUT2D eigenvalue weighted by Gasteiger charge is -2.18. The molecule has 1 heteroatoms. The van der Waals surface area contributed by atoms with E-state index >= 15 is 0 Å². The highest BCUT2D eigenvalue weighted by molar-refractivity contribution is 6.21. The standard InChI is InChI=1S/C38H24O/c1-2-10-26(11-3-1)37-30-13-4-6-15-32(30)38(33-16-7-5-14-31(33)37)27-20-18-25(19-21-27)28-22-23-36-34(24-28)29-12-8-9-17-35(29)39-36/h1-24H. The van der Waals surface area contributed by atoms with Gasteiger partial charge in [0.25, 0.3) is 0 Å². The highest BCUT2D eigenvalue weighted by Crippen LogP contribution is 2.44. The van der Waals surface area contributed by atoms with E-state index in [-0.39, 0.29) is 0 Å². The summed E-state index contributed by atoms with van der Waals surface area (Å²) in [5.41, 5.74) is 9.28. The third kappa shape index (κ3) is 3.48. The minimum atomic E-state index is 0.924. The molecule has 1 aromatic heterocycles. The van der Waals surface area contributed by atoms with Gasteiger partial charge in [-0.3, -0.25) is 0 Å². The van der Waals surface area contributed by atoms with Crippen LogP contribution in [0.15, 0.2) is 150 Å². The van der Waals surface area contributed by atoms with Crippen LogP contribution in [-0.4, -0.2) is 0 Å². The SMILES string of the molecule is c1ccc(-c2c3ccccc3c(-c3ccc(-c4ccc5oc6ccccc6c5c4)cc3)c3ccccc23)cc1. The maximum Gasteiger partial charge on any atom is 0.135 e. The molecule has 182 valence electrons. The number of para-hydroxylation sites is 1. The highest BCUT2D eigenvalue weighted by Gasteiger charge is 2.16. The summed E-state index contributed by atoms with van der Waals surface area (Å²) in [6.45, 7) is 0. The van der Waals surface area contributed by atoms with Gasteiger partial charge < -0.3 is 4.42 Å². The first-order chi connectivity index (χ1) is 19.3. The van der Waals surface area contributed by atoms with E-state index in [1.54, 1.807) is 0 Å². The van der Waals surface area contributed by atoms with Crippen LogP contribution in [0, 0.1) is 0 Å². The van der Waals surface area contributed by atoms with Gasteiger partial charge in [0.05, 0.1) is 0 Å². The second kappa shape index (κ2) is 8.72. The topological polar surface area (TPSA) is 13.1 Å². The molecule has 0 fully saturated rings. The zero-order valence-electron chi connectivity index (χ0n) is 21.3. The van der Waals surface area contributed by atoms with Crippen molar-refractivity contribution in [1.29, 1.82) is 0 Å². The van der Waals surface area contributed by atoms with Crippen LogP contribution in [0.4, 0.5) is 0 Å². The number of benzene rings is 7. The lowest BCUT2D eigenvalue weighted by Crippen LogP contribution is -1.90. The summed E-state index contributed by atoms with van der Waals surface area (Å²) in [7, 11) is 0. The normalized spacial score (nSPS) is 11.6. The molecule has 0 aliphatic carbocycles. The molecule has 8 aromatic rings. The third-order valence-electron chi connectivity index (χ3n) is 7.88. The van der Waals surface area contributed by atoms with Crippen molar-refractivity contribution in [3.63, 3.8) is 0 Å². The van der Waals surface area contributed by atoms with E-state index in [2.05, 4.69) is 133 Å². The molecule has 0 N–H and O–H groups in total. The predicted octanol–water partition coefficient (Wildman–Crippen LogP) is 10.9. The summed E-state index contributed by atoms with van der Waals surface area (Å²) < 4.78 is 6.04. The molecule has 0 saturated heterocycles. The van der Waals surface area contributed by atoms with Crippen LogP contribution in [0.5, 0.6) is 0 Å². The Bertz CT molecular complexity index is 2090. The fourth-order valence-electron chi connectivity index (χ4n) is 6.09. The largest absolute Gasteiger partial charge is 0.456 e. The van der Waals surface area contributed by atoms with Crippen molar-refractivity contribution in [3.8, 4) is 33.4 Å². The molecular formula is C38H24O. The van der Waals surface area contributed by atoms with Crippen molar-refractivity contribution in [1.82, 2.24) is 0 Å². The minimum absolute atomic E-state index is 0.924. The van der Waals surface area contributed by atoms with Gasteiger partial charge >= 0.3 is 0 Å². The Balaban J connectivity index is 1.31. The maximum absolute atomic E-state index is 6.04. The molecule has 0 unspecified atom stereocenters. The van der Waals surface area contributed by atoms with Gasteiger partial charge in [0, 0.05) is 10.8 Å². The molecule has 0 bridgehead atoms. The van der Waals surface area contributed by atoms with Crippen LogP contribution >= 0.6 is 0 Å². The third-order valence-corrected chi connectivity index (χ3v) is 7.88. The lowest BCUT2D eigenvalue weighted by atomic mass is 9.86. The molecule has 0 spiro atoms. The van der Waals surface area contributed by atoms with Crippen LogP contribution in [-0.2, 0) is 0 Å². The molecule has 7 aromatic carbocycles. The Hall–Kier alpha value is -5.14. The molecule has 0 radical (unpaired) electrons. The fourth-order valence-corrected chi connectivity index (χ4v) is 6.09. The number of furan rings is 1. The van der Waals surface area contributed by atoms with E-state index in [9.17, 15) is 0 Å². The lowest BCUT2D eigenvalue weighted by molar-refractivity contribution is 0.669. The molecule has 0 amide bonds. The van der Waals surface area contributed by atoms with Crippen LogP contribution in [0.3, 0.4) is 0 Å². The highest BCUT2D eigenvalue weighted by atomic mass is 16.3. The second-order valence-electron chi connectivity index (χ2n) is 10.1. The summed E-state index contributed by atoms with van der Waals surface area (Å²) in [6.07, 6.45) is 0. The van der Waals surface area contributed by atoms with Crippen LogP contribution in [0.25, 0.3) is 76.9 Å². The van der Waals surface area contributed by atoms with E-state index in [0.717, 1.165) is 21.9 Å². The van der Waals surface area contributed by atoms with Gasteiger partial charge in [-0.1, -0.05) is 127 Å². The Morgan fingerprint density at radius 1 is 0.282 bits per heavy atom. The molecule has 0 atom stereocenters.